The van der Waals surface area contributed by atoms with E-state index in [4.69, 9.17) is 16.3 Å². The fourth-order valence-electron chi connectivity index (χ4n) is 2.35. The molecule has 0 saturated carbocycles. The molecule has 3 heteroatoms. The zero-order valence-corrected chi connectivity index (χ0v) is 12.6. The number of ether oxygens (including phenoxy) is 1. The first-order chi connectivity index (χ1) is 9.52. The van der Waals surface area contributed by atoms with Gasteiger partial charge in [-0.3, -0.25) is 4.79 Å². The third-order valence-corrected chi connectivity index (χ3v) is 3.62. The van der Waals surface area contributed by atoms with Crippen molar-refractivity contribution < 1.29 is 9.53 Å². The van der Waals surface area contributed by atoms with Crippen LogP contribution >= 0.6 is 11.6 Å². The van der Waals surface area contributed by atoms with E-state index in [-0.39, 0.29) is 0 Å². The highest BCUT2D eigenvalue weighted by Crippen LogP contribution is 2.29. The second-order valence-electron chi connectivity index (χ2n) is 4.94. The smallest absolute Gasteiger partial charge is 0.153 e. The number of rotatable bonds is 4. The summed E-state index contributed by atoms with van der Waals surface area (Å²) >= 11 is 6.10. The van der Waals surface area contributed by atoms with E-state index in [9.17, 15) is 4.79 Å². The maximum atomic E-state index is 11.0. The second-order valence-corrected chi connectivity index (χ2v) is 5.35. The minimum atomic E-state index is 0.405. The fraction of sp³-hybridized carbons (Fsp3) is 0.235. The summed E-state index contributed by atoms with van der Waals surface area (Å²) in [4.78, 5) is 11.0. The monoisotopic (exact) mass is 288 g/mol. The molecule has 0 fully saturated rings. The average molecular weight is 289 g/mol. The van der Waals surface area contributed by atoms with Crippen molar-refractivity contribution in [1.82, 2.24) is 0 Å². The number of carbonyl (C=O) groups excluding carboxylic acids is 1. The number of hydrogen-bond acceptors (Lipinski definition) is 2. The van der Waals surface area contributed by atoms with Crippen LogP contribution in [0.1, 0.15) is 32.6 Å². The molecule has 0 atom stereocenters. The van der Waals surface area contributed by atoms with E-state index in [0.29, 0.717) is 22.9 Å². The quantitative estimate of drug-likeness (QED) is 0.765. The number of carbonyl (C=O) groups is 1. The molecule has 0 radical (unpaired) electrons. The van der Waals surface area contributed by atoms with Crippen LogP contribution in [0.25, 0.3) is 0 Å². The molecule has 0 aromatic heterocycles. The molecule has 104 valence electrons. The molecule has 0 amide bonds. The van der Waals surface area contributed by atoms with Crippen LogP contribution in [0.4, 0.5) is 0 Å². The molecule has 0 N–H and O–H groups in total. The molecule has 0 unspecified atom stereocenters. The molecule has 0 heterocycles. The lowest BCUT2D eigenvalue weighted by molar-refractivity contribution is 0.111. The zero-order valence-electron chi connectivity index (χ0n) is 11.9. The van der Waals surface area contributed by atoms with Crippen molar-refractivity contribution in [1.29, 1.82) is 0 Å². The van der Waals surface area contributed by atoms with Crippen LogP contribution in [-0.4, -0.2) is 6.29 Å². The van der Waals surface area contributed by atoms with Gasteiger partial charge in [-0.2, -0.15) is 0 Å². The average Bonchev–Trinajstić information content (AvgIpc) is 2.38. The van der Waals surface area contributed by atoms with Gasteiger partial charge in [0.25, 0.3) is 0 Å². The molecule has 0 aliphatic rings. The van der Waals surface area contributed by atoms with Crippen molar-refractivity contribution in [3.63, 3.8) is 0 Å². The van der Waals surface area contributed by atoms with Crippen LogP contribution in [0.15, 0.2) is 30.3 Å². The lowest BCUT2D eigenvalue weighted by Gasteiger charge is -2.14. The van der Waals surface area contributed by atoms with Crippen molar-refractivity contribution in [2.24, 2.45) is 0 Å². The van der Waals surface area contributed by atoms with Crippen molar-refractivity contribution >= 4 is 17.9 Å². The van der Waals surface area contributed by atoms with Gasteiger partial charge in [-0.1, -0.05) is 35.4 Å². The summed E-state index contributed by atoms with van der Waals surface area (Å²) in [5, 5.41) is 0.456. The van der Waals surface area contributed by atoms with Gasteiger partial charge >= 0.3 is 0 Å². The van der Waals surface area contributed by atoms with Crippen LogP contribution in [-0.2, 0) is 6.61 Å². The van der Waals surface area contributed by atoms with Gasteiger partial charge in [0.05, 0.1) is 10.6 Å². The zero-order chi connectivity index (χ0) is 14.7. The third kappa shape index (κ3) is 3.02. The summed E-state index contributed by atoms with van der Waals surface area (Å²) in [6.07, 6.45) is 0.760. The van der Waals surface area contributed by atoms with E-state index in [1.54, 1.807) is 18.2 Å². The molecular weight excluding hydrogens is 272 g/mol. The van der Waals surface area contributed by atoms with E-state index in [1.165, 1.54) is 16.7 Å². The Balaban J connectivity index is 2.28. The Labute approximate surface area is 124 Å². The molecular formula is C17H17ClO2. The van der Waals surface area contributed by atoms with Crippen molar-refractivity contribution in [2.45, 2.75) is 27.4 Å². The predicted molar refractivity (Wildman–Crippen MR) is 81.8 cm³/mol. The van der Waals surface area contributed by atoms with Crippen LogP contribution < -0.4 is 4.74 Å². The topological polar surface area (TPSA) is 26.3 Å². The third-order valence-electron chi connectivity index (χ3n) is 3.33. The normalized spacial score (nSPS) is 10.4. The van der Waals surface area contributed by atoms with E-state index in [2.05, 4.69) is 32.9 Å². The van der Waals surface area contributed by atoms with Crippen molar-refractivity contribution in [3.05, 3.63) is 63.2 Å². The summed E-state index contributed by atoms with van der Waals surface area (Å²) in [5.41, 5.74) is 5.20. The van der Waals surface area contributed by atoms with E-state index < -0.39 is 0 Å². The molecule has 2 nitrogen and oxygen atoms in total. The minimum absolute atomic E-state index is 0.405. The summed E-state index contributed by atoms with van der Waals surface area (Å²) < 4.78 is 5.78. The Bertz CT molecular complexity index is 624. The maximum absolute atomic E-state index is 11.0. The van der Waals surface area contributed by atoms with Gasteiger partial charge in [-0.25, -0.2) is 0 Å². The van der Waals surface area contributed by atoms with Gasteiger partial charge in [0, 0.05) is 0 Å². The van der Waals surface area contributed by atoms with Gasteiger partial charge in [-0.15, -0.1) is 0 Å². The highest BCUT2D eigenvalue weighted by Gasteiger charge is 2.10. The molecule has 2 rings (SSSR count). The number of para-hydroxylation sites is 1. The van der Waals surface area contributed by atoms with Crippen LogP contribution in [0.5, 0.6) is 5.75 Å². The molecule has 0 spiro atoms. The van der Waals surface area contributed by atoms with Gasteiger partial charge in [0.15, 0.2) is 6.29 Å². The summed E-state index contributed by atoms with van der Waals surface area (Å²) in [6, 6.07) is 9.40. The fourth-order valence-corrected chi connectivity index (χ4v) is 2.59. The number of aryl methyl sites for hydroxylation is 3. The van der Waals surface area contributed by atoms with E-state index >= 15 is 0 Å². The summed E-state index contributed by atoms with van der Waals surface area (Å²) in [7, 11) is 0. The van der Waals surface area contributed by atoms with Crippen LogP contribution in [0.2, 0.25) is 5.02 Å². The maximum Gasteiger partial charge on any atom is 0.153 e. The Morgan fingerprint density at radius 3 is 2.40 bits per heavy atom. The van der Waals surface area contributed by atoms with Crippen molar-refractivity contribution in [2.75, 3.05) is 0 Å². The Hall–Kier alpha value is -1.80. The molecule has 0 aliphatic heterocycles. The number of halogens is 1. The van der Waals surface area contributed by atoms with Gasteiger partial charge in [-0.05, 0) is 49.6 Å². The first kappa shape index (κ1) is 14.6. The first-order valence-corrected chi connectivity index (χ1v) is 6.84. The number of hydrogen-bond donors (Lipinski definition) is 0. The Morgan fingerprint density at radius 1 is 1.15 bits per heavy atom. The molecule has 0 aliphatic carbocycles. The van der Waals surface area contributed by atoms with E-state index in [0.717, 1.165) is 11.8 Å². The Kier molecular flexibility index (Phi) is 4.46. The predicted octanol–water partition coefficient (Wildman–Crippen LogP) is 4.66. The summed E-state index contributed by atoms with van der Waals surface area (Å²) in [6.45, 7) is 6.60. The lowest BCUT2D eigenvalue weighted by Crippen LogP contribution is -2.03. The lowest BCUT2D eigenvalue weighted by atomic mass is 10.0. The van der Waals surface area contributed by atoms with E-state index in [1.807, 2.05) is 0 Å². The second kappa shape index (κ2) is 6.10. The highest BCUT2D eigenvalue weighted by molar-refractivity contribution is 6.32. The van der Waals surface area contributed by atoms with Gasteiger partial charge in [0.1, 0.15) is 12.4 Å². The highest BCUT2D eigenvalue weighted by atomic mass is 35.5. The SMILES string of the molecule is Cc1cc(C)c(COc2c(Cl)cccc2C=O)c(C)c1. The number of aldehydes is 1. The van der Waals surface area contributed by atoms with Crippen LogP contribution in [0.3, 0.4) is 0 Å². The molecule has 20 heavy (non-hydrogen) atoms. The minimum Gasteiger partial charge on any atom is -0.487 e. The molecule has 0 bridgehead atoms. The largest absolute Gasteiger partial charge is 0.487 e. The molecule has 0 saturated heterocycles. The number of benzene rings is 2. The standard InChI is InChI=1S/C17H17ClO2/c1-11-7-12(2)15(13(3)8-11)10-20-17-14(9-19)5-4-6-16(17)18/h4-9H,10H2,1-3H3. The summed E-state index contributed by atoms with van der Waals surface area (Å²) in [5.74, 6) is 0.448. The molecule has 2 aromatic carbocycles. The van der Waals surface area contributed by atoms with Gasteiger partial charge in [0.2, 0.25) is 0 Å². The Morgan fingerprint density at radius 2 is 1.80 bits per heavy atom. The van der Waals surface area contributed by atoms with Crippen molar-refractivity contribution in [3.8, 4) is 5.75 Å². The van der Waals surface area contributed by atoms with Gasteiger partial charge < -0.3 is 4.74 Å². The molecule has 2 aromatic rings. The first-order valence-electron chi connectivity index (χ1n) is 6.46. The van der Waals surface area contributed by atoms with Crippen LogP contribution in [0, 0.1) is 20.8 Å².